The lowest BCUT2D eigenvalue weighted by Crippen LogP contribution is -2.51. The van der Waals surface area contributed by atoms with Gasteiger partial charge in [0.25, 0.3) is 0 Å². The molecule has 1 N–H and O–H groups in total. The van der Waals surface area contributed by atoms with Gasteiger partial charge in [-0.3, -0.25) is 4.90 Å². The monoisotopic (exact) mass is 412 g/mol. The van der Waals surface area contributed by atoms with Crippen molar-refractivity contribution in [2.45, 2.75) is 19.3 Å². The Morgan fingerprint density at radius 1 is 1.11 bits per heavy atom. The average Bonchev–Trinajstić information content (AvgIpc) is 2.69. The minimum Gasteiger partial charge on any atom is -0.334 e. The Balaban J connectivity index is 1.58. The molecule has 0 spiro atoms. The number of benzene rings is 2. The van der Waals surface area contributed by atoms with Crippen LogP contribution in [0.25, 0.3) is 0 Å². The number of hydrogen-bond donors (Lipinski definition) is 1. The van der Waals surface area contributed by atoms with E-state index in [0.29, 0.717) is 31.5 Å². The number of halogens is 4. The number of carbonyl (C=O) groups excluding carboxylic acids is 1. The molecular weight excluding hydrogens is 391 g/mol. The molecule has 0 bridgehead atoms. The first kappa shape index (κ1) is 19.1. The minimum atomic E-state index is -4.60. The van der Waals surface area contributed by atoms with Gasteiger partial charge in [0.05, 0.1) is 5.56 Å². The first-order valence-electron chi connectivity index (χ1n) is 9.36. The molecule has 3 rings (SSSR count). The molecule has 1 aliphatic rings. The lowest BCUT2D eigenvalue weighted by atomic mass is 10.1. The van der Waals surface area contributed by atoms with Gasteiger partial charge in [0, 0.05) is 44.3 Å². The smallest absolute Gasteiger partial charge is 0.334 e. The third kappa shape index (κ3) is 5.39. The van der Waals surface area contributed by atoms with Gasteiger partial charge < -0.3 is 10.2 Å². The Labute approximate surface area is 168 Å². The van der Waals surface area contributed by atoms with E-state index in [4.69, 9.17) is 13.0 Å². The summed E-state index contributed by atoms with van der Waals surface area (Å²) in [5, 5.41) is 0.532. The highest BCUT2D eigenvalue weighted by atomic mass is 35.5. The summed E-state index contributed by atoms with van der Waals surface area (Å²) in [6.07, 6.45) is -4.60. The zero-order valence-corrected chi connectivity index (χ0v) is 15.9. The highest BCUT2D eigenvalue weighted by Crippen LogP contribution is 2.33. The van der Waals surface area contributed by atoms with Crippen molar-refractivity contribution in [3.63, 3.8) is 0 Å². The maximum absolute atomic E-state index is 13.2. The van der Waals surface area contributed by atoms with Crippen LogP contribution in [0.5, 0.6) is 0 Å². The predicted molar refractivity (Wildman–Crippen MR) is 102 cm³/mol. The van der Waals surface area contributed by atoms with Crippen molar-refractivity contribution in [3.05, 3.63) is 70.2 Å². The number of hydrogen-bond acceptors (Lipinski definition) is 2. The van der Waals surface area contributed by atoms with E-state index >= 15 is 0 Å². The Kier molecular flexibility index (Phi) is 6.02. The third-order valence-corrected chi connectivity index (χ3v) is 4.89. The van der Waals surface area contributed by atoms with E-state index in [1.807, 2.05) is 30.3 Å². The minimum absolute atomic E-state index is 0.0431. The van der Waals surface area contributed by atoms with E-state index in [1.165, 1.54) is 22.6 Å². The SMILES string of the molecule is [2H]N(Cc1ccc(Cl)cc1C(F)(F)F)C(=O)N1CCN(Cc2ccccc2)CC1. The van der Waals surface area contributed by atoms with E-state index in [0.717, 1.165) is 12.6 Å². The second-order valence-corrected chi connectivity index (χ2v) is 7.08. The van der Waals surface area contributed by atoms with E-state index < -0.39 is 24.3 Å². The summed E-state index contributed by atoms with van der Waals surface area (Å²) >= 11 is 5.68. The Morgan fingerprint density at radius 3 is 2.43 bits per heavy atom. The van der Waals surface area contributed by atoms with Crippen LogP contribution in [-0.2, 0) is 19.3 Å². The van der Waals surface area contributed by atoms with Gasteiger partial charge in [-0.2, -0.15) is 13.2 Å². The van der Waals surface area contributed by atoms with Crippen LogP contribution in [-0.4, -0.2) is 42.0 Å². The number of rotatable bonds is 4. The molecule has 0 atom stereocenters. The number of piperazine rings is 1. The molecular formula is C20H21ClF3N3O. The van der Waals surface area contributed by atoms with E-state index in [2.05, 4.69) is 4.90 Å². The van der Waals surface area contributed by atoms with Crippen molar-refractivity contribution in [3.8, 4) is 0 Å². The number of alkyl halides is 3. The highest BCUT2D eigenvalue weighted by molar-refractivity contribution is 6.30. The summed E-state index contributed by atoms with van der Waals surface area (Å²) in [6, 6.07) is 12.7. The van der Waals surface area contributed by atoms with Gasteiger partial charge in [-0.25, -0.2) is 4.79 Å². The number of carbonyl (C=O) groups is 1. The number of amides is 2. The largest absolute Gasteiger partial charge is 0.416 e. The molecule has 0 unspecified atom stereocenters. The quantitative estimate of drug-likeness (QED) is 0.808. The summed E-state index contributed by atoms with van der Waals surface area (Å²) in [6.45, 7) is 2.44. The molecule has 1 heterocycles. The third-order valence-electron chi connectivity index (χ3n) is 4.65. The fourth-order valence-electron chi connectivity index (χ4n) is 3.14. The second-order valence-electron chi connectivity index (χ2n) is 6.65. The molecule has 2 aromatic carbocycles. The standard InChI is InChI=1S/C20H21ClF3N3O/c21-17-7-6-16(18(12-17)20(22,23)24)13-25-19(28)27-10-8-26(9-11-27)14-15-4-2-1-3-5-15/h1-7,12H,8-11,13-14H2,(H,25,28)/i/hD. The summed E-state index contributed by atoms with van der Waals surface area (Å²) in [5.74, 6) is 0. The Hall–Kier alpha value is -2.25. The molecule has 150 valence electrons. The van der Waals surface area contributed by atoms with Crippen molar-refractivity contribution in [2.75, 3.05) is 26.2 Å². The number of nitrogens with zero attached hydrogens (tertiary/aromatic N) is 2. The predicted octanol–water partition coefficient (Wildman–Crippen LogP) is 4.39. The van der Waals surface area contributed by atoms with Crippen molar-refractivity contribution in [1.29, 1.82) is 0 Å². The van der Waals surface area contributed by atoms with Crippen LogP contribution < -0.4 is 5.31 Å². The molecule has 0 radical (unpaired) electrons. The van der Waals surface area contributed by atoms with E-state index in [1.54, 1.807) is 0 Å². The summed E-state index contributed by atoms with van der Waals surface area (Å²) < 4.78 is 47.6. The van der Waals surface area contributed by atoms with Gasteiger partial charge in [-0.15, -0.1) is 0 Å². The lowest BCUT2D eigenvalue weighted by molar-refractivity contribution is -0.138. The second kappa shape index (κ2) is 8.84. The lowest BCUT2D eigenvalue weighted by Gasteiger charge is -2.34. The Bertz CT molecular complexity index is 843. The first-order valence-corrected chi connectivity index (χ1v) is 9.29. The molecule has 0 aliphatic carbocycles. The molecule has 8 heteroatoms. The maximum atomic E-state index is 13.2. The molecule has 1 fully saturated rings. The van der Waals surface area contributed by atoms with Gasteiger partial charge in [0.2, 0.25) is 0 Å². The number of urea groups is 1. The molecule has 1 saturated heterocycles. The first-order chi connectivity index (χ1) is 13.7. The van der Waals surface area contributed by atoms with Crippen LogP contribution in [0.15, 0.2) is 48.5 Å². The van der Waals surface area contributed by atoms with Crippen LogP contribution in [0.2, 0.25) is 6.43 Å². The van der Waals surface area contributed by atoms with Crippen molar-refractivity contribution in [2.24, 2.45) is 0 Å². The molecule has 1 aliphatic heterocycles. The highest BCUT2D eigenvalue weighted by Gasteiger charge is 2.33. The molecule has 2 amide bonds. The maximum Gasteiger partial charge on any atom is 0.416 e. The van der Waals surface area contributed by atoms with E-state index in [-0.39, 0.29) is 10.6 Å². The zero-order chi connectivity index (χ0) is 21.0. The van der Waals surface area contributed by atoms with Gasteiger partial charge in [-0.1, -0.05) is 48.0 Å². The van der Waals surface area contributed by atoms with Gasteiger partial charge >= 0.3 is 12.2 Å². The summed E-state index contributed by atoms with van der Waals surface area (Å²) in [7, 11) is 0. The topological polar surface area (TPSA) is 35.6 Å². The van der Waals surface area contributed by atoms with E-state index in [9.17, 15) is 18.0 Å². The van der Waals surface area contributed by atoms with Crippen molar-refractivity contribution < 1.29 is 19.4 Å². The van der Waals surface area contributed by atoms with Crippen LogP contribution >= 0.6 is 11.6 Å². The molecule has 2 aromatic rings. The van der Waals surface area contributed by atoms with Crippen molar-refractivity contribution in [1.82, 2.24) is 15.1 Å². The van der Waals surface area contributed by atoms with Crippen LogP contribution in [0.1, 0.15) is 16.7 Å². The van der Waals surface area contributed by atoms with Gasteiger partial charge in [0.15, 0.2) is 1.41 Å². The Morgan fingerprint density at radius 2 is 1.79 bits per heavy atom. The van der Waals surface area contributed by atoms with Crippen molar-refractivity contribution >= 4 is 17.6 Å². The molecule has 4 nitrogen and oxygen atoms in total. The fraction of sp³-hybridized carbons (Fsp3) is 0.350. The van der Waals surface area contributed by atoms with Gasteiger partial charge in [0.1, 0.15) is 0 Å². The summed E-state index contributed by atoms with van der Waals surface area (Å²) in [4.78, 5) is 16.2. The number of nitrogens with one attached hydrogen (secondary N) is 1. The molecule has 0 saturated carbocycles. The van der Waals surface area contributed by atoms with Crippen LogP contribution in [0.4, 0.5) is 18.0 Å². The molecule has 0 aromatic heterocycles. The zero-order valence-electron chi connectivity index (χ0n) is 16.1. The van der Waals surface area contributed by atoms with Gasteiger partial charge in [-0.05, 0) is 23.3 Å². The fourth-order valence-corrected chi connectivity index (χ4v) is 3.31. The molecule has 28 heavy (non-hydrogen) atoms. The average molecular weight is 413 g/mol. The normalized spacial score (nSPS) is 16.0. The van der Waals surface area contributed by atoms with Crippen LogP contribution in [0.3, 0.4) is 0 Å². The summed E-state index contributed by atoms with van der Waals surface area (Å²) in [5.41, 5.74) is 0.0903. The van der Waals surface area contributed by atoms with Crippen LogP contribution in [0, 0.1) is 0 Å².